The van der Waals surface area contributed by atoms with Crippen LogP contribution in [0.2, 0.25) is 0 Å². The van der Waals surface area contributed by atoms with E-state index in [1.165, 1.54) is 29.6 Å². The van der Waals surface area contributed by atoms with Crippen LogP contribution in [0.25, 0.3) is 16.5 Å². The molecule has 3 N–H and O–H groups in total. The molecule has 0 fully saturated rings. The van der Waals surface area contributed by atoms with Crippen molar-refractivity contribution >= 4 is 39.0 Å². The Morgan fingerprint density at radius 3 is 2.47 bits per heavy atom. The monoisotopic (exact) mass is 421 g/mol. The van der Waals surface area contributed by atoms with Gasteiger partial charge in [0.2, 0.25) is 0 Å². The highest BCUT2D eigenvalue weighted by molar-refractivity contribution is 7.15. The summed E-state index contributed by atoms with van der Waals surface area (Å²) in [5.41, 5.74) is 6.51. The van der Waals surface area contributed by atoms with Gasteiger partial charge in [0.05, 0.1) is 21.6 Å². The van der Waals surface area contributed by atoms with E-state index in [1.807, 2.05) is 30.3 Å². The maximum absolute atomic E-state index is 12.8. The number of carbonyl (C=O) groups excluding carboxylic acids is 1. The second-order valence-corrected chi connectivity index (χ2v) is 7.28. The van der Waals surface area contributed by atoms with Gasteiger partial charge in [-0.2, -0.15) is 9.78 Å². The Labute approximate surface area is 173 Å². The average Bonchev–Trinajstić information content (AvgIpc) is 3.15. The number of fused-ring (bicyclic) bond motifs is 1. The van der Waals surface area contributed by atoms with Crippen LogP contribution in [0.1, 0.15) is 26.4 Å². The molecule has 0 aliphatic carbocycles. The van der Waals surface area contributed by atoms with Crippen molar-refractivity contribution in [3.05, 3.63) is 87.2 Å². The molecule has 2 aromatic carbocycles. The van der Waals surface area contributed by atoms with Crippen LogP contribution in [-0.4, -0.2) is 26.8 Å². The fourth-order valence-electron chi connectivity index (χ4n) is 2.95. The fourth-order valence-corrected chi connectivity index (χ4v) is 3.74. The van der Waals surface area contributed by atoms with E-state index in [1.54, 1.807) is 0 Å². The molecule has 0 bridgehead atoms. The Morgan fingerprint density at radius 1 is 1.10 bits per heavy atom. The molecular formula is C21H15N3O5S. The minimum Gasteiger partial charge on any atom is -0.476 e. The summed E-state index contributed by atoms with van der Waals surface area (Å²) in [6.07, 6.45) is 0. The van der Waals surface area contributed by atoms with Gasteiger partial charge in [0.25, 0.3) is 5.56 Å². The number of benzene rings is 2. The van der Waals surface area contributed by atoms with Gasteiger partial charge in [0.1, 0.15) is 6.61 Å². The van der Waals surface area contributed by atoms with Crippen molar-refractivity contribution in [2.24, 2.45) is 0 Å². The molecule has 0 amide bonds. The molecule has 0 saturated carbocycles. The first-order valence-corrected chi connectivity index (χ1v) is 9.68. The summed E-state index contributed by atoms with van der Waals surface area (Å²) in [5, 5.41) is 15.4. The fraction of sp³-hybridized carbons (Fsp3) is 0.0476. The topological polar surface area (TPSA) is 125 Å². The lowest BCUT2D eigenvalue weighted by Gasteiger charge is -2.09. The zero-order valence-corrected chi connectivity index (χ0v) is 16.3. The van der Waals surface area contributed by atoms with Crippen LogP contribution in [0.3, 0.4) is 0 Å². The lowest BCUT2D eigenvalue weighted by molar-refractivity contribution is 0.0472. The van der Waals surface area contributed by atoms with Crippen molar-refractivity contribution in [3.63, 3.8) is 0 Å². The first-order chi connectivity index (χ1) is 14.5. The number of hydrogen-bond acceptors (Lipinski definition) is 7. The molecule has 9 heteroatoms. The number of ether oxygens (including phenoxy) is 1. The minimum absolute atomic E-state index is 0.110. The van der Waals surface area contributed by atoms with E-state index in [0.717, 1.165) is 21.6 Å². The van der Waals surface area contributed by atoms with Crippen molar-refractivity contribution in [1.29, 1.82) is 0 Å². The maximum atomic E-state index is 12.8. The van der Waals surface area contributed by atoms with Crippen LogP contribution in [0, 0.1) is 0 Å². The van der Waals surface area contributed by atoms with E-state index in [9.17, 15) is 19.5 Å². The first-order valence-electron chi connectivity index (χ1n) is 8.80. The second-order valence-electron chi connectivity index (χ2n) is 6.37. The number of rotatable bonds is 5. The number of carboxylic acids is 1. The van der Waals surface area contributed by atoms with Crippen molar-refractivity contribution in [3.8, 4) is 5.69 Å². The molecule has 2 heterocycles. The molecule has 0 aliphatic rings. The van der Waals surface area contributed by atoms with Crippen molar-refractivity contribution in [2.45, 2.75) is 6.61 Å². The number of esters is 1. The van der Waals surface area contributed by atoms with E-state index in [0.29, 0.717) is 5.69 Å². The molecule has 0 unspecified atom stereocenters. The summed E-state index contributed by atoms with van der Waals surface area (Å²) in [6.45, 7) is 0.137. The lowest BCUT2D eigenvalue weighted by atomic mass is 10.2. The highest BCUT2D eigenvalue weighted by Crippen LogP contribution is 2.27. The van der Waals surface area contributed by atoms with E-state index < -0.39 is 17.5 Å². The SMILES string of the molecule is Nc1scc2c(C(=O)O)nn(-c3ccc(C(=O)OCc4ccccc4)cc3)c(=O)c12. The maximum Gasteiger partial charge on any atom is 0.357 e. The molecule has 150 valence electrons. The zero-order valence-electron chi connectivity index (χ0n) is 15.4. The van der Waals surface area contributed by atoms with Gasteiger partial charge in [0, 0.05) is 10.8 Å². The second kappa shape index (κ2) is 7.80. The Hall–Kier alpha value is -3.98. The molecule has 2 aromatic heterocycles. The van der Waals surface area contributed by atoms with Crippen LogP contribution in [0.5, 0.6) is 0 Å². The average molecular weight is 421 g/mol. The summed E-state index contributed by atoms with van der Waals surface area (Å²) >= 11 is 1.08. The first kappa shape index (κ1) is 19.3. The minimum atomic E-state index is -1.27. The van der Waals surface area contributed by atoms with Crippen LogP contribution >= 0.6 is 11.3 Å². The summed E-state index contributed by atoms with van der Waals surface area (Å²) in [7, 11) is 0. The van der Waals surface area contributed by atoms with Gasteiger partial charge in [-0.25, -0.2) is 9.59 Å². The number of anilines is 1. The number of nitrogen functional groups attached to an aromatic ring is 1. The largest absolute Gasteiger partial charge is 0.476 e. The number of nitrogens with two attached hydrogens (primary N) is 1. The lowest BCUT2D eigenvalue weighted by Crippen LogP contribution is -2.24. The predicted octanol–water partition coefficient (Wildman–Crippen LogP) is 3.08. The molecule has 0 spiro atoms. The van der Waals surface area contributed by atoms with Crippen LogP contribution in [-0.2, 0) is 11.3 Å². The van der Waals surface area contributed by atoms with Gasteiger partial charge >= 0.3 is 11.9 Å². The van der Waals surface area contributed by atoms with Gasteiger partial charge in [-0.15, -0.1) is 11.3 Å². The highest BCUT2D eigenvalue weighted by atomic mass is 32.1. The standard InChI is InChI=1S/C21H15N3O5S/c22-18-16-15(11-30-18)17(20(26)27)23-24(19(16)25)14-8-6-13(7-9-14)21(28)29-10-12-4-2-1-3-5-12/h1-9,11H,10,22H2,(H,26,27). The highest BCUT2D eigenvalue weighted by Gasteiger charge is 2.20. The van der Waals surface area contributed by atoms with E-state index in [2.05, 4.69) is 5.10 Å². The Bertz CT molecular complexity index is 1310. The van der Waals surface area contributed by atoms with Crippen molar-refractivity contribution in [1.82, 2.24) is 9.78 Å². The molecule has 4 rings (SSSR count). The summed E-state index contributed by atoms with van der Waals surface area (Å²) in [4.78, 5) is 36.6. The predicted molar refractivity (Wildman–Crippen MR) is 112 cm³/mol. The molecule has 4 aromatic rings. The Kier molecular flexibility index (Phi) is 5.03. The molecule has 0 saturated heterocycles. The van der Waals surface area contributed by atoms with Gasteiger partial charge in [-0.05, 0) is 29.8 Å². The molecule has 8 nitrogen and oxygen atoms in total. The van der Waals surface area contributed by atoms with Crippen LogP contribution < -0.4 is 11.3 Å². The number of nitrogens with zero attached hydrogens (tertiary/aromatic N) is 2. The number of thiophene rings is 1. The number of aromatic nitrogens is 2. The van der Waals surface area contributed by atoms with Gasteiger partial charge < -0.3 is 15.6 Å². The smallest absolute Gasteiger partial charge is 0.357 e. The third-order valence-electron chi connectivity index (χ3n) is 4.44. The quantitative estimate of drug-likeness (QED) is 0.475. The zero-order chi connectivity index (χ0) is 21.3. The van der Waals surface area contributed by atoms with E-state index >= 15 is 0 Å². The van der Waals surface area contributed by atoms with Gasteiger partial charge in [0.15, 0.2) is 5.69 Å². The van der Waals surface area contributed by atoms with E-state index in [4.69, 9.17) is 10.5 Å². The van der Waals surface area contributed by atoms with Gasteiger partial charge in [-0.3, -0.25) is 4.79 Å². The molecule has 30 heavy (non-hydrogen) atoms. The Balaban J connectivity index is 1.64. The summed E-state index contributed by atoms with van der Waals surface area (Å²) in [5.74, 6) is -1.79. The number of aromatic carboxylic acids is 1. The number of carboxylic acid groups (broad SMARTS) is 1. The molecule has 0 atom stereocenters. The Morgan fingerprint density at radius 2 is 1.80 bits per heavy atom. The number of carbonyl (C=O) groups is 2. The molecule has 0 aliphatic heterocycles. The number of hydrogen-bond donors (Lipinski definition) is 2. The third kappa shape index (κ3) is 3.53. The van der Waals surface area contributed by atoms with Crippen LogP contribution in [0.15, 0.2) is 64.8 Å². The van der Waals surface area contributed by atoms with Gasteiger partial charge in [-0.1, -0.05) is 30.3 Å². The van der Waals surface area contributed by atoms with Crippen molar-refractivity contribution < 1.29 is 19.4 Å². The van der Waals surface area contributed by atoms with Crippen LogP contribution in [0.4, 0.5) is 5.00 Å². The van der Waals surface area contributed by atoms with Crippen molar-refractivity contribution in [2.75, 3.05) is 5.73 Å². The third-order valence-corrected chi connectivity index (χ3v) is 5.26. The summed E-state index contributed by atoms with van der Waals surface area (Å²) < 4.78 is 6.25. The molecule has 0 radical (unpaired) electrons. The molecular weight excluding hydrogens is 406 g/mol. The summed E-state index contributed by atoms with van der Waals surface area (Å²) in [6, 6.07) is 15.2. The normalized spacial score (nSPS) is 10.8. The van der Waals surface area contributed by atoms with E-state index in [-0.39, 0.29) is 33.6 Å².